The van der Waals surface area contributed by atoms with E-state index >= 15 is 0 Å². The number of fused-ring (bicyclic) bond motifs is 1. The van der Waals surface area contributed by atoms with Crippen molar-refractivity contribution in [3.63, 3.8) is 0 Å². The summed E-state index contributed by atoms with van der Waals surface area (Å²) in [4.78, 5) is 9.48. The van der Waals surface area contributed by atoms with Crippen LogP contribution in [-0.2, 0) is 6.42 Å². The minimum atomic E-state index is 0.272. The Hall–Kier alpha value is -1.33. The van der Waals surface area contributed by atoms with E-state index in [1.165, 1.54) is 29.6 Å². The highest BCUT2D eigenvalue weighted by Crippen LogP contribution is 2.36. The highest BCUT2D eigenvalue weighted by atomic mass is 35.5. The van der Waals surface area contributed by atoms with E-state index in [1.54, 1.807) is 0 Å². The second kappa shape index (κ2) is 4.74. The van der Waals surface area contributed by atoms with Crippen molar-refractivity contribution in [2.24, 2.45) is 0 Å². The van der Waals surface area contributed by atoms with E-state index in [-0.39, 0.29) is 6.04 Å². The summed E-state index contributed by atoms with van der Waals surface area (Å²) < 4.78 is 0. The second-order valence-corrected chi connectivity index (χ2v) is 5.67. The van der Waals surface area contributed by atoms with Crippen LogP contribution in [0.4, 0.5) is 11.5 Å². The summed E-state index contributed by atoms with van der Waals surface area (Å²) in [6.07, 6.45) is 4.87. The fourth-order valence-electron chi connectivity index (χ4n) is 2.29. The van der Waals surface area contributed by atoms with Crippen molar-refractivity contribution >= 4 is 34.4 Å². The molecule has 0 fully saturated rings. The molecule has 6 heteroatoms. The fraction of sp³-hybridized carbons (Fsp3) is 0.333. The van der Waals surface area contributed by atoms with Crippen LogP contribution in [-0.4, -0.2) is 9.97 Å². The first-order chi connectivity index (χ1) is 8.75. The van der Waals surface area contributed by atoms with Gasteiger partial charge in [0.15, 0.2) is 11.0 Å². The molecule has 1 atom stereocenters. The Morgan fingerprint density at radius 2 is 2.33 bits per heavy atom. The van der Waals surface area contributed by atoms with Gasteiger partial charge in [0.1, 0.15) is 12.0 Å². The molecule has 2 aromatic heterocycles. The zero-order chi connectivity index (χ0) is 12.5. The molecule has 4 nitrogen and oxygen atoms in total. The van der Waals surface area contributed by atoms with E-state index in [2.05, 4.69) is 26.7 Å². The van der Waals surface area contributed by atoms with Crippen molar-refractivity contribution in [3.05, 3.63) is 33.4 Å². The van der Waals surface area contributed by atoms with E-state index < -0.39 is 0 Å². The Labute approximate surface area is 114 Å². The van der Waals surface area contributed by atoms with Gasteiger partial charge in [0.2, 0.25) is 0 Å². The summed E-state index contributed by atoms with van der Waals surface area (Å²) in [7, 11) is 0. The lowest BCUT2D eigenvalue weighted by Crippen LogP contribution is -2.17. The number of aromatic nitrogens is 2. The molecule has 18 heavy (non-hydrogen) atoms. The standard InChI is InChI=1S/C12H13ClN4S/c13-11-10(14)12(16-6-15-11)17-8-2-1-3-9-7(8)4-5-18-9/h4-6,8H,1-3,14H2,(H,15,16,17). The van der Waals surface area contributed by atoms with Crippen molar-refractivity contribution in [2.45, 2.75) is 25.3 Å². The molecule has 2 heterocycles. The minimum Gasteiger partial charge on any atom is -0.393 e. The van der Waals surface area contributed by atoms with Crippen molar-refractivity contribution in [1.29, 1.82) is 0 Å². The first-order valence-corrected chi connectivity index (χ1v) is 7.10. The number of aryl methyl sites for hydroxylation is 1. The summed E-state index contributed by atoms with van der Waals surface area (Å²) in [5.41, 5.74) is 7.66. The van der Waals surface area contributed by atoms with Crippen LogP contribution < -0.4 is 11.1 Å². The Balaban J connectivity index is 1.88. The highest BCUT2D eigenvalue weighted by Gasteiger charge is 2.22. The summed E-state index contributed by atoms with van der Waals surface area (Å²) >= 11 is 7.71. The number of nitrogens with two attached hydrogens (primary N) is 1. The third-order valence-corrected chi connectivity index (χ3v) is 4.50. The topological polar surface area (TPSA) is 63.8 Å². The van der Waals surface area contributed by atoms with Crippen LogP contribution in [0.2, 0.25) is 5.15 Å². The van der Waals surface area contributed by atoms with Crippen LogP contribution in [0, 0.1) is 0 Å². The predicted molar refractivity (Wildman–Crippen MR) is 75.1 cm³/mol. The third-order valence-electron chi connectivity index (χ3n) is 3.20. The molecule has 0 aliphatic heterocycles. The number of hydrogen-bond donors (Lipinski definition) is 2. The summed E-state index contributed by atoms with van der Waals surface area (Å²) in [6.45, 7) is 0. The van der Waals surface area contributed by atoms with Crippen LogP contribution in [0.1, 0.15) is 29.3 Å². The van der Waals surface area contributed by atoms with Crippen LogP contribution in [0.5, 0.6) is 0 Å². The van der Waals surface area contributed by atoms with Gasteiger partial charge >= 0.3 is 0 Å². The number of nitrogens with one attached hydrogen (secondary N) is 1. The molecular formula is C12H13ClN4S. The molecule has 0 saturated carbocycles. The van der Waals surface area contributed by atoms with Crippen molar-refractivity contribution in [1.82, 2.24) is 9.97 Å². The average Bonchev–Trinajstić information content (AvgIpc) is 2.84. The smallest absolute Gasteiger partial charge is 0.157 e. The number of hydrogen-bond acceptors (Lipinski definition) is 5. The molecule has 1 aliphatic carbocycles. The van der Waals surface area contributed by atoms with Gasteiger partial charge in [-0.15, -0.1) is 11.3 Å². The maximum absolute atomic E-state index is 5.90. The van der Waals surface area contributed by atoms with Gasteiger partial charge in [-0.1, -0.05) is 11.6 Å². The van der Waals surface area contributed by atoms with E-state index in [0.29, 0.717) is 16.7 Å². The molecule has 3 rings (SSSR count). The van der Waals surface area contributed by atoms with Gasteiger partial charge in [-0.2, -0.15) is 0 Å². The fourth-order valence-corrected chi connectivity index (χ4v) is 3.41. The zero-order valence-corrected chi connectivity index (χ0v) is 11.3. The number of nitrogen functional groups attached to an aromatic ring is 1. The zero-order valence-electron chi connectivity index (χ0n) is 9.69. The van der Waals surface area contributed by atoms with Crippen molar-refractivity contribution < 1.29 is 0 Å². The molecule has 2 aromatic rings. The SMILES string of the molecule is Nc1c(Cl)ncnc1NC1CCCc2sccc21. The van der Waals surface area contributed by atoms with Gasteiger partial charge in [0.25, 0.3) is 0 Å². The number of nitrogens with zero attached hydrogens (tertiary/aromatic N) is 2. The van der Waals surface area contributed by atoms with Crippen LogP contribution in [0.15, 0.2) is 17.8 Å². The molecule has 3 N–H and O–H groups in total. The maximum atomic E-state index is 5.90. The largest absolute Gasteiger partial charge is 0.393 e. The summed E-state index contributed by atoms with van der Waals surface area (Å²) in [5.74, 6) is 0.624. The average molecular weight is 281 g/mol. The normalized spacial score (nSPS) is 18.4. The third kappa shape index (κ3) is 2.04. The number of thiophene rings is 1. The molecule has 1 unspecified atom stereocenters. The minimum absolute atomic E-state index is 0.272. The predicted octanol–water partition coefficient (Wildman–Crippen LogP) is 3.26. The van der Waals surface area contributed by atoms with E-state index in [4.69, 9.17) is 17.3 Å². The van der Waals surface area contributed by atoms with Gasteiger partial charge < -0.3 is 11.1 Å². The van der Waals surface area contributed by atoms with E-state index in [9.17, 15) is 0 Å². The number of halogens is 1. The quantitative estimate of drug-likeness (QED) is 0.829. The molecule has 0 saturated heterocycles. The first-order valence-electron chi connectivity index (χ1n) is 5.84. The van der Waals surface area contributed by atoms with E-state index in [1.807, 2.05) is 11.3 Å². The Bertz CT molecular complexity index is 569. The monoisotopic (exact) mass is 280 g/mol. The lowest BCUT2D eigenvalue weighted by molar-refractivity contribution is 0.607. The number of rotatable bonds is 2. The molecule has 0 bridgehead atoms. The van der Waals surface area contributed by atoms with Crippen LogP contribution in [0.3, 0.4) is 0 Å². The molecule has 0 amide bonds. The van der Waals surface area contributed by atoms with Gasteiger partial charge in [0.05, 0.1) is 6.04 Å². The lowest BCUT2D eigenvalue weighted by Gasteiger charge is -2.24. The molecule has 0 radical (unpaired) electrons. The highest BCUT2D eigenvalue weighted by molar-refractivity contribution is 7.10. The lowest BCUT2D eigenvalue weighted by atomic mass is 9.94. The maximum Gasteiger partial charge on any atom is 0.157 e. The first kappa shape index (κ1) is 11.7. The Morgan fingerprint density at radius 3 is 3.22 bits per heavy atom. The summed E-state index contributed by atoms with van der Waals surface area (Å²) in [5, 5.41) is 5.82. The van der Waals surface area contributed by atoms with Gasteiger partial charge in [-0.05, 0) is 36.3 Å². The van der Waals surface area contributed by atoms with Crippen molar-refractivity contribution in [2.75, 3.05) is 11.1 Å². The van der Waals surface area contributed by atoms with Crippen LogP contribution >= 0.6 is 22.9 Å². The molecule has 1 aliphatic rings. The number of anilines is 2. The van der Waals surface area contributed by atoms with Gasteiger partial charge in [-0.25, -0.2) is 9.97 Å². The Kier molecular flexibility index (Phi) is 3.09. The molecule has 0 aromatic carbocycles. The molecule has 94 valence electrons. The van der Waals surface area contributed by atoms with Gasteiger partial charge in [-0.3, -0.25) is 0 Å². The summed E-state index contributed by atoms with van der Waals surface area (Å²) in [6, 6.07) is 2.45. The Morgan fingerprint density at radius 1 is 1.44 bits per heavy atom. The van der Waals surface area contributed by atoms with Crippen LogP contribution in [0.25, 0.3) is 0 Å². The van der Waals surface area contributed by atoms with Gasteiger partial charge in [0, 0.05) is 4.88 Å². The van der Waals surface area contributed by atoms with E-state index in [0.717, 1.165) is 6.42 Å². The van der Waals surface area contributed by atoms with Crippen molar-refractivity contribution in [3.8, 4) is 0 Å². The molecular weight excluding hydrogens is 268 g/mol. The second-order valence-electron chi connectivity index (χ2n) is 4.32. The molecule has 0 spiro atoms.